The van der Waals surface area contributed by atoms with Gasteiger partial charge in [0, 0.05) is 18.7 Å². The Kier molecular flexibility index (Phi) is 4.76. The molecule has 2 aromatic carbocycles. The number of hydrogen-bond donors (Lipinski definition) is 2. The summed E-state index contributed by atoms with van der Waals surface area (Å²) in [5.41, 5.74) is 8.99. The van der Waals surface area contributed by atoms with Crippen LogP contribution in [-0.4, -0.2) is 39.0 Å². The van der Waals surface area contributed by atoms with Gasteiger partial charge in [0.1, 0.15) is 11.6 Å². The Hall–Kier alpha value is -3.52. The normalized spacial score (nSPS) is 16.2. The fourth-order valence-corrected chi connectivity index (χ4v) is 3.71. The first-order chi connectivity index (χ1) is 14.7. The summed E-state index contributed by atoms with van der Waals surface area (Å²) in [7, 11) is 0. The molecule has 8 heteroatoms. The fourth-order valence-electron chi connectivity index (χ4n) is 3.71. The molecule has 1 fully saturated rings. The first kappa shape index (κ1) is 18.5. The van der Waals surface area contributed by atoms with Gasteiger partial charge in [-0.05, 0) is 31.0 Å². The van der Waals surface area contributed by atoms with Crippen molar-refractivity contribution in [1.29, 1.82) is 0 Å². The highest BCUT2D eigenvalue weighted by Gasteiger charge is 2.20. The predicted octanol–water partition coefficient (Wildman–Crippen LogP) is 3.79. The average Bonchev–Trinajstić information content (AvgIpc) is 3.40. The van der Waals surface area contributed by atoms with E-state index in [0.717, 1.165) is 25.0 Å². The molecule has 0 bridgehead atoms. The molecule has 1 saturated heterocycles. The molecule has 2 aromatic heterocycles. The van der Waals surface area contributed by atoms with Gasteiger partial charge < -0.3 is 15.8 Å². The maximum atomic E-state index is 13.8. The molecule has 4 aromatic rings. The highest BCUT2D eigenvalue weighted by molar-refractivity contribution is 5.99. The number of fused-ring (bicyclic) bond motifs is 1. The van der Waals surface area contributed by atoms with Crippen LogP contribution in [0.5, 0.6) is 0 Å². The molecule has 3 N–H and O–H groups in total. The van der Waals surface area contributed by atoms with Gasteiger partial charge >= 0.3 is 0 Å². The quantitative estimate of drug-likeness (QED) is 0.526. The molecule has 5 rings (SSSR count). The second kappa shape index (κ2) is 7.72. The van der Waals surface area contributed by atoms with Crippen molar-refractivity contribution in [2.75, 3.05) is 24.2 Å². The number of nitrogens with zero attached hydrogens (tertiary/aromatic N) is 4. The molecule has 1 aliphatic rings. The number of nitrogens with two attached hydrogens (primary N) is 1. The van der Waals surface area contributed by atoms with Gasteiger partial charge in [-0.3, -0.25) is 0 Å². The van der Waals surface area contributed by atoms with Crippen LogP contribution in [0.15, 0.2) is 54.6 Å². The molecule has 1 unspecified atom stereocenters. The van der Waals surface area contributed by atoms with E-state index in [0.29, 0.717) is 40.7 Å². The minimum absolute atomic E-state index is 0.152. The summed E-state index contributed by atoms with van der Waals surface area (Å²) in [4.78, 5) is 9.30. The second-order valence-electron chi connectivity index (χ2n) is 7.25. The molecule has 3 heterocycles. The van der Waals surface area contributed by atoms with E-state index < -0.39 is 0 Å². The monoisotopic (exact) mass is 404 g/mol. The lowest BCUT2D eigenvalue weighted by atomic mass is 10.1. The van der Waals surface area contributed by atoms with Gasteiger partial charge in [-0.15, -0.1) is 5.10 Å². The van der Waals surface area contributed by atoms with Crippen molar-refractivity contribution in [3.05, 3.63) is 60.4 Å². The molecule has 1 aliphatic heterocycles. The smallest absolute Gasteiger partial charge is 0.225 e. The van der Waals surface area contributed by atoms with Gasteiger partial charge in [-0.25, -0.2) is 14.1 Å². The van der Waals surface area contributed by atoms with Crippen LogP contribution >= 0.6 is 0 Å². The zero-order chi connectivity index (χ0) is 20.5. The number of benzene rings is 2. The number of nitrogens with one attached hydrogen (secondary N) is 1. The number of aromatic nitrogens is 4. The second-order valence-corrected chi connectivity index (χ2v) is 7.25. The Morgan fingerprint density at radius 1 is 1.13 bits per heavy atom. The number of rotatable bonds is 5. The van der Waals surface area contributed by atoms with Gasteiger partial charge in [-0.1, -0.05) is 36.4 Å². The molecular formula is C22H21FN6O. The number of nitrogen functional groups attached to an aromatic ring is 1. The molecule has 30 heavy (non-hydrogen) atoms. The maximum absolute atomic E-state index is 13.8. The molecule has 152 valence electrons. The zero-order valence-electron chi connectivity index (χ0n) is 16.3. The van der Waals surface area contributed by atoms with E-state index in [-0.39, 0.29) is 11.9 Å². The highest BCUT2D eigenvalue weighted by atomic mass is 19.1. The van der Waals surface area contributed by atoms with Gasteiger partial charge in [0.25, 0.3) is 0 Å². The van der Waals surface area contributed by atoms with Gasteiger partial charge in [0.2, 0.25) is 5.95 Å². The van der Waals surface area contributed by atoms with Gasteiger partial charge in [0.05, 0.1) is 22.9 Å². The van der Waals surface area contributed by atoms with E-state index in [9.17, 15) is 4.39 Å². The number of halogens is 1. The van der Waals surface area contributed by atoms with Crippen LogP contribution in [0.2, 0.25) is 0 Å². The van der Waals surface area contributed by atoms with E-state index in [1.807, 2.05) is 30.3 Å². The Morgan fingerprint density at radius 2 is 2.00 bits per heavy atom. The van der Waals surface area contributed by atoms with Crippen molar-refractivity contribution < 1.29 is 9.13 Å². The van der Waals surface area contributed by atoms with E-state index in [4.69, 9.17) is 15.5 Å². The largest absolute Gasteiger partial charge is 0.383 e. The van der Waals surface area contributed by atoms with Crippen LogP contribution < -0.4 is 11.1 Å². The fraction of sp³-hybridized carbons (Fsp3) is 0.227. The van der Waals surface area contributed by atoms with E-state index >= 15 is 0 Å². The minimum Gasteiger partial charge on any atom is -0.383 e. The zero-order valence-corrected chi connectivity index (χ0v) is 16.3. The average molecular weight is 404 g/mol. The van der Waals surface area contributed by atoms with Gasteiger partial charge in [-0.2, -0.15) is 4.98 Å². The number of anilines is 2. The summed E-state index contributed by atoms with van der Waals surface area (Å²) in [5, 5.41) is 8.45. The molecule has 1 atom stereocenters. The number of ether oxygens (including phenoxy) is 1. The first-order valence-electron chi connectivity index (χ1n) is 9.92. The third kappa shape index (κ3) is 3.46. The lowest BCUT2D eigenvalue weighted by molar-refractivity contribution is 0.120. The lowest BCUT2D eigenvalue weighted by Gasteiger charge is -2.12. The maximum Gasteiger partial charge on any atom is 0.225 e. The van der Waals surface area contributed by atoms with Gasteiger partial charge in [0.15, 0.2) is 5.65 Å². The minimum atomic E-state index is -0.361. The summed E-state index contributed by atoms with van der Waals surface area (Å²) in [6, 6.07) is 15.9. The van der Waals surface area contributed by atoms with Crippen LogP contribution in [0.25, 0.3) is 28.0 Å². The molecule has 7 nitrogen and oxygen atoms in total. The summed E-state index contributed by atoms with van der Waals surface area (Å²) in [6.07, 6.45) is 2.23. The molecule has 0 spiro atoms. The van der Waals surface area contributed by atoms with Crippen LogP contribution in [0.4, 0.5) is 16.2 Å². The van der Waals surface area contributed by atoms with Crippen molar-refractivity contribution in [2.24, 2.45) is 0 Å². The van der Waals surface area contributed by atoms with Crippen molar-refractivity contribution in [3.63, 3.8) is 0 Å². The molecule has 0 radical (unpaired) electrons. The van der Waals surface area contributed by atoms with Crippen LogP contribution in [0, 0.1) is 5.82 Å². The van der Waals surface area contributed by atoms with Crippen molar-refractivity contribution >= 4 is 22.8 Å². The summed E-state index contributed by atoms with van der Waals surface area (Å²) in [5.74, 6) is 0.459. The molecule has 0 aliphatic carbocycles. The van der Waals surface area contributed by atoms with E-state index in [1.54, 1.807) is 12.1 Å². The third-order valence-corrected chi connectivity index (χ3v) is 5.18. The highest BCUT2D eigenvalue weighted by Crippen LogP contribution is 2.32. The first-order valence-corrected chi connectivity index (χ1v) is 9.92. The lowest BCUT2D eigenvalue weighted by Crippen LogP contribution is -2.19. The Balaban J connectivity index is 1.63. The van der Waals surface area contributed by atoms with Crippen molar-refractivity contribution in [1.82, 2.24) is 19.7 Å². The predicted molar refractivity (Wildman–Crippen MR) is 114 cm³/mol. The summed E-state index contributed by atoms with van der Waals surface area (Å²) in [6.45, 7) is 1.41. The molecule has 0 saturated carbocycles. The van der Waals surface area contributed by atoms with E-state index in [1.165, 1.54) is 16.8 Å². The summed E-state index contributed by atoms with van der Waals surface area (Å²) >= 11 is 0. The molecule has 0 amide bonds. The van der Waals surface area contributed by atoms with Crippen LogP contribution in [-0.2, 0) is 4.74 Å². The summed E-state index contributed by atoms with van der Waals surface area (Å²) < 4.78 is 20.9. The third-order valence-electron chi connectivity index (χ3n) is 5.18. The Morgan fingerprint density at radius 3 is 2.77 bits per heavy atom. The van der Waals surface area contributed by atoms with Crippen LogP contribution in [0.1, 0.15) is 12.8 Å². The topological polar surface area (TPSA) is 90.9 Å². The standard InChI is InChI=1S/C22H21FN6O/c23-15-8-4-9-16(12-15)29-20(24)18-19(14-6-2-1-3-7-14)26-22(27-21(18)28-29)25-13-17-10-5-11-30-17/h1-4,6-9,12,17H,5,10-11,13,24H2,(H,25,27,28). The Bertz CT molecular complexity index is 1190. The number of hydrogen-bond acceptors (Lipinski definition) is 6. The van der Waals surface area contributed by atoms with Crippen LogP contribution in [0.3, 0.4) is 0 Å². The molecular weight excluding hydrogens is 383 g/mol. The van der Waals surface area contributed by atoms with Crippen molar-refractivity contribution in [3.8, 4) is 16.9 Å². The Labute approximate surface area is 172 Å². The van der Waals surface area contributed by atoms with Crippen molar-refractivity contribution in [2.45, 2.75) is 18.9 Å². The van der Waals surface area contributed by atoms with E-state index in [2.05, 4.69) is 15.4 Å². The SMILES string of the molecule is Nc1c2c(-c3ccccc3)nc(NCC3CCCO3)nc2nn1-c1cccc(F)c1.